The minimum atomic E-state index is 0.669. The first kappa shape index (κ1) is 23.2. The average molecular weight is 544 g/mol. The van der Waals surface area contributed by atoms with E-state index in [1.165, 1.54) is 62.6 Å². The minimum Gasteiger partial charge on any atom is -0.192 e. The number of benzene rings is 6. The molecule has 2 heterocycles. The molecule has 0 aliphatic heterocycles. The Balaban J connectivity index is 1.33. The number of fused-ring (bicyclic) bond motifs is 6. The van der Waals surface area contributed by atoms with Crippen molar-refractivity contribution >= 4 is 63.0 Å². The Morgan fingerprint density at radius 1 is 0.375 bits per heavy atom. The molecule has 0 aliphatic rings. The molecule has 1 nitrogen and oxygen atoms in total. The molecule has 0 radical (unpaired) electrons. The Morgan fingerprint density at radius 3 is 1.38 bits per heavy atom. The predicted molar refractivity (Wildman–Crippen MR) is 173 cm³/mol. The number of rotatable bonds is 3. The van der Waals surface area contributed by atoms with Crippen molar-refractivity contribution in [2.75, 3.05) is 0 Å². The maximum absolute atomic E-state index is 9.55. The number of hydrogen-bond acceptors (Lipinski definition) is 3. The summed E-state index contributed by atoms with van der Waals surface area (Å²) in [5.41, 5.74) is 7.56. The highest BCUT2D eigenvalue weighted by molar-refractivity contribution is 7.26. The van der Waals surface area contributed by atoms with Gasteiger partial charge in [-0.25, -0.2) is 0 Å². The van der Waals surface area contributed by atoms with E-state index in [4.69, 9.17) is 0 Å². The summed E-state index contributed by atoms with van der Waals surface area (Å²) in [7, 11) is 0. The molecule has 8 rings (SSSR count). The van der Waals surface area contributed by atoms with E-state index < -0.39 is 0 Å². The van der Waals surface area contributed by atoms with Gasteiger partial charge in [0.1, 0.15) is 0 Å². The molecule has 2 aromatic heterocycles. The molecule has 0 saturated heterocycles. The van der Waals surface area contributed by atoms with Crippen LogP contribution in [0.2, 0.25) is 0 Å². The van der Waals surface area contributed by atoms with E-state index in [-0.39, 0.29) is 0 Å². The van der Waals surface area contributed by atoms with Gasteiger partial charge < -0.3 is 0 Å². The Hall–Kier alpha value is -4.75. The highest BCUT2D eigenvalue weighted by Crippen LogP contribution is 2.40. The molecule has 0 aliphatic carbocycles. The highest BCUT2D eigenvalue weighted by Gasteiger charge is 2.12. The first-order valence-electron chi connectivity index (χ1n) is 13.2. The molecule has 186 valence electrons. The van der Waals surface area contributed by atoms with Crippen LogP contribution in [0.1, 0.15) is 5.56 Å². The number of thiophene rings is 2. The third-order valence-electron chi connectivity index (χ3n) is 7.68. The van der Waals surface area contributed by atoms with Crippen molar-refractivity contribution in [2.24, 2.45) is 0 Å². The SMILES string of the molecule is N#Cc1cccc(-c2cc(-c3ccc4c(c3)sc3ccccc34)cc(-c3ccc4c(c3)sc3ccccc34)c2)c1. The topological polar surface area (TPSA) is 23.8 Å². The average Bonchev–Trinajstić information content (AvgIpc) is 3.58. The zero-order valence-electron chi connectivity index (χ0n) is 21.4. The molecular weight excluding hydrogens is 523 g/mol. The molecule has 0 spiro atoms. The van der Waals surface area contributed by atoms with Crippen LogP contribution in [0.15, 0.2) is 127 Å². The van der Waals surface area contributed by atoms with Crippen molar-refractivity contribution in [3.63, 3.8) is 0 Å². The third kappa shape index (κ3) is 3.81. The van der Waals surface area contributed by atoms with Crippen LogP contribution in [-0.2, 0) is 0 Å². The van der Waals surface area contributed by atoms with Gasteiger partial charge in [-0.1, -0.05) is 72.8 Å². The Bertz CT molecular complexity index is 2160. The Kier molecular flexibility index (Phi) is 5.31. The van der Waals surface area contributed by atoms with E-state index >= 15 is 0 Å². The van der Waals surface area contributed by atoms with Crippen molar-refractivity contribution in [2.45, 2.75) is 0 Å². The summed E-state index contributed by atoms with van der Waals surface area (Å²) in [6.45, 7) is 0. The van der Waals surface area contributed by atoms with E-state index in [1.54, 1.807) is 0 Å². The lowest BCUT2D eigenvalue weighted by molar-refractivity contribution is 1.48. The maximum atomic E-state index is 9.55. The van der Waals surface area contributed by atoms with Crippen LogP contribution in [0, 0.1) is 11.3 Å². The summed E-state index contributed by atoms with van der Waals surface area (Å²) >= 11 is 3.69. The van der Waals surface area contributed by atoms with Crippen molar-refractivity contribution in [3.05, 3.63) is 133 Å². The Morgan fingerprint density at radius 2 is 0.850 bits per heavy atom. The van der Waals surface area contributed by atoms with E-state index in [9.17, 15) is 5.26 Å². The van der Waals surface area contributed by atoms with Gasteiger partial charge in [-0.05, 0) is 88.0 Å². The molecule has 8 aromatic rings. The second kappa shape index (κ2) is 9.17. The second-order valence-corrected chi connectivity index (χ2v) is 12.3. The first-order chi connectivity index (χ1) is 19.7. The molecular formula is C37H21NS2. The van der Waals surface area contributed by atoms with Crippen LogP contribution >= 0.6 is 22.7 Å². The summed E-state index contributed by atoms with van der Waals surface area (Å²) < 4.78 is 5.22. The normalized spacial score (nSPS) is 11.5. The Labute approximate surface area is 239 Å². The van der Waals surface area contributed by atoms with Gasteiger partial charge in [0.15, 0.2) is 0 Å². The van der Waals surface area contributed by atoms with E-state index in [2.05, 4.69) is 115 Å². The molecule has 6 aromatic carbocycles. The summed E-state index contributed by atoms with van der Waals surface area (Å²) in [6, 6.07) is 47.9. The smallest absolute Gasteiger partial charge is 0.0991 e. The molecule has 0 N–H and O–H groups in total. The van der Waals surface area contributed by atoms with Crippen molar-refractivity contribution in [1.29, 1.82) is 5.26 Å². The minimum absolute atomic E-state index is 0.669. The lowest BCUT2D eigenvalue weighted by Crippen LogP contribution is -1.87. The molecule has 0 saturated carbocycles. The van der Waals surface area contributed by atoms with Crippen molar-refractivity contribution < 1.29 is 0 Å². The number of hydrogen-bond donors (Lipinski definition) is 0. The summed E-state index contributed by atoms with van der Waals surface area (Å²) in [5, 5.41) is 14.8. The van der Waals surface area contributed by atoms with Gasteiger partial charge >= 0.3 is 0 Å². The van der Waals surface area contributed by atoms with Gasteiger partial charge in [-0.3, -0.25) is 0 Å². The zero-order valence-corrected chi connectivity index (χ0v) is 23.0. The van der Waals surface area contributed by atoms with E-state index in [1.807, 2.05) is 40.9 Å². The van der Waals surface area contributed by atoms with Gasteiger partial charge in [-0.2, -0.15) is 5.26 Å². The second-order valence-electron chi connectivity index (χ2n) is 10.1. The van der Waals surface area contributed by atoms with Crippen LogP contribution in [0.3, 0.4) is 0 Å². The van der Waals surface area contributed by atoms with Crippen molar-refractivity contribution in [1.82, 2.24) is 0 Å². The molecule has 40 heavy (non-hydrogen) atoms. The summed E-state index contributed by atoms with van der Waals surface area (Å²) in [6.07, 6.45) is 0. The lowest BCUT2D eigenvalue weighted by atomic mass is 9.92. The zero-order chi connectivity index (χ0) is 26.6. The lowest BCUT2D eigenvalue weighted by Gasteiger charge is -2.12. The largest absolute Gasteiger partial charge is 0.192 e. The molecule has 3 heteroatoms. The summed E-state index contributed by atoms with van der Waals surface area (Å²) in [5.74, 6) is 0. The quantitative estimate of drug-likeness (QED) is 0.217. The monoisotopic (exact) mass is 543 g/mol. The first-order valence-corrected chi connectivity index (χ1v) is 14.9. The molecule has 0 fully saturated rings. The molecule has 0 unspecified atom stereocenters. The van der Waals surface area contributed by atoms with Crippen LogP contribution in [0.25, 0.3) is 73.7 Å². The highest BCUT2D eigenvalue weighted by atomic mass is 32.1. The van der Waals surface area contributed by atoms with Crippen LogP contribution in [-0.4, -0.2) is 0 Å². The van der Waals surface area contributed by atoms with Crippen LogP contribution in [0.4, 0.5) is 0 Å². The standard InChI is InChI=1S/C37H21NS2/c38-22-23-6-5-7-24(16-23)27-17-28(25-12-14-32-30-8-1-3-10-34(30)39-36(32)20-25)19-29(18-27)26-13-15-33-31-9-2-4-11-35(31)40-37(33)21-26/h1-21H. The van der Waals surface area contributed by atoms with Gasteiger partial charge in [0, 0.05) is 40.3 Å². The maximum Gasteiger partial charge on any atom is 0.0991 e. The molecule has 0 amide bonds. The van der Waals surface area contributed by atoms with Crippen LogP contribution < -0.4 is 0 Å². The third-order valence-corrected chi connectivity index (χ3v) is 9.95. The van der Waals surface area contributed by atoms with E-state index in [0.29, 0.717) is 5.56 Å². The fourth-order valence-electron chi connectivity index (χ4n) is 5.71. The van der Waals surface area contributed by atoms with Gasteiger partial charge in [0.25, 0.3) is 0 Å². The fourth-order valence-corrected chi connectivity index (χ4v) is 8.00. The number of nitrogens with zero attached hydrogens (tertiary/aromatic N) is 1. The van der Waals surface area contributed by atoms with Gasteiger partial charge in [0.2, 0.25) is 0 Å². The van der Waals surface area contributed by atoms with Gasteiger partial charge in [-0.15, -0.1) is 22.7 Å². The van der Waals surface area contributed by atoms with Crippen molar-refractivity contribution in [3.8, 4) is 39.4 Å². The predicted octanol–water partition coefficient (Wildman–Crippen LogP) is 11.3. The molecule has 0 bridgehead atoms. The van der Waals surface area contributed by atoms with E-state index in [0.717, 1.165) is 11.1 Å². The fraction of sp³-hybridized carbons (Fsp3) is 0. The summed E-state index contributed by atoms with van der Waals surface area (Å²) in [4.78, 5) is 0. The number of nitriles is 1. The van der Waals surface area contributed by atoms with Crippen LogP contribution in [0.5, 0.6) is 0 Å². The molecule has 0 atom stereocenters. The van der Waals surface area contributed by atoms with Gasteiger partial charge in [0.05, 0.1) is 11.6 Å².